The van der Waals surface area contributed by atoms with E-state index in [1.807, 2.05) is 26.1 Å². The van der Waals surface area contributed by atoms with Crippen LogP contribution in [0, 0.1) is 17.8 Å². The molecule has 14 heteroatoms. The molecule has 1 aromatic rings. The monoisotopic (exact) mass is 633 g/mol. The maximum absolute atomic E-state index is 13.4. The highest BCUT2D eigenvalue weighted by atomic mass is 32.2. The first-order valence-corrected chi connectivity index (χ1v) is 16.3. The predicted octanol–water partition coefficient (Wildman–Crippen LogP) is 1.73. The Morgan fingerprint density at radius 1 is 1.07 bits per heavy atom. The van der Waals surface area contributed by atoms with Gasteiger partial charge in [-0.3, -0.25) is 4.79 Å². The van der Waals surface area contributed by atoms with E-state index in [9.17, 15) is 27.9 Å². The number of piperidine rings is 1. The molecular formula is C30H43N5O8S. The van der Waals surface area contributed by atoms with Crippen molar-refractivity contribution in [1.29, 1.82) is 0 Å². The van der Waals surface area contributed by atoms with Gasteiger partial charge in [-0.25, -0.2) is 18.0 Å². The molecule has 3 aliphatic rings. The molecule has 0 radical (unpaired) electrons. The SMILES string of the molecule is COc1ccc(S(=O)(=O)N2CCCC(C(=O)N[C@@H](CC3C=CC(NC(=O)N4CCN(C)CC4)=CC3C)C(=O)O)C2)cc1OC. The van der Waals surface area contributed by atoms with Gasteiger partial charge in [0.25, 0.3) is 0 Å². The molecule has 0 bridgehead atoms. The topological polar surface area (TPSA) is 158 Å². The van der Waals surface area contributed by atoms with Crippen LogP contribution in [0.15, 0.2) is 47.0 Å². The molecule has 2 saturated heterocycles. The lowest BCUT2D eigenvalue weighted by Gasteiger charge is -2.33. The molecule has 0 aromatic heterocycles. The van der Waals surface area contributed by atoms with Crippen molar-refractivity contribution in [3.63, 3.8) is 0 Å². The first-order chi connectivity index (χ1) is 20.9. The smallest absolute Gasteiger partial charge is 0.326 e. The van der Waals surface area contributed by atoms with E-state index in [0.29, 0.717) is 37.4 Å². The van der Waals surface area contributed by atoms with E-state index >= 15 is 0 Å². The maximum Gasteiger partial charge on any atom is 0.326 e. The van der Waals surface area contributed by atoms with Gasteiger partial charge in [-0.2, -0.15) is 4.31 Å². The number of carbonyl (C=O) groups excluding carboxylic acids is 2. The Kier molecular flexibility index (Phi) is 10.9. The average Bonchev–Trinajstić information content (AvgIpc) is 3.01. The maximum atomic E-state index is 13.4. The number of methoxy groups -OCH3 is 2. The minimum absolute atomic E-state index is 0.0184. The van der Waals surface area contributed by atoms with Crippen LogP contribution in [0.5, 0.6) is 11.5 Å². The number of rotatable bonds is 10. The average molecular weight is 634 g/mol. The standard InChI is InChI=1S/C30H43N5O8S/c1-20-16-23(31-30(39)34-14-12-33(2)13-15-34)8-7-21(20)17-25(29(37)38)32-28(36)22-6-5-11-35(19-22)44(40,41)24-9-10-26(42-3)27(18-24)43-4/h7-10,16,18,20-22,25H,5-6,11-15,17,19H2,1-4H3,(H,31,39)(H,32,36)(H,37,38)/t20?,21?,22?,25-/m0/s1. The number of nitrogens with one attached hydrogen (secondary N) is 2. The van der Waals surface area contributed by atoms with E-state index < -0.39 is 33.9 Å². The number of carboxylic acids is 1. The zero-order valence-electron chi connectivity index (χ0n) is 25.7. The summed E-state index contributed by atoms with van der Waals surface area (Å²) in [5.74, 6) is -1.96. The second-order valence-electron chi connectivity index (χ2n) is 11.6. The summed E-state index contributed by atoms with van der Waals surface area (Å²) in [6.07, 6.45) is 6.58. The minimum atomic E-state index is -3.93. The Morgan fingerprint density at radius 3 is 2.41 bits per heavy atom. The number of amides is 3. The number of ether oxygens (including phenoxy) is 2. The molecule has 3 amide bonds. The van der Waals surface area contributed by atoms with Crippen LogP contribution in [0.1, 0.15) is 26.2 Å². The van der Waals surface area contributed by atoms with Gasteiger partial charge in [0.1, 0.15) is 6.04 Å². The summed E-state index contributed by atoms with van der Waals surface area (Å²) in [7, 11) is 0.962. The summed E-state index contributed by atoms with van der Waals surface area (Å²) in [6.45, 7) is 5.05. The highest BCUT2D eigenvalue weighted by Gasteiger charge is 2.36. The number of carbonyl (C=O) groups is 3. The Labute approximate surface area is 258 Å². The number of allylic oxidation sites excluding steroid dienone is 3. The number of likely N-dealkylation sites (N-methyl/N-ethyl adjacent to an activating group) is 1. The molecule has 13 nitrogen and oxygen atoms in total. The Morgan fingerprint density at radius 2 is 1.77 bits per heavy atom. The van der Waals surface area contributed by atoms with Crippen LogP contribution in [0.25, 0.3) is 0 Å². The zero-order chi connectivity index (χ0) is 32.0. The molecule has 0 saturated carbocycles. The number of hydrogen-bond acceptors (Lipinski definition) is 8. The highest BCUT2D eigenvalue weighted by Crippen LogP contribution is 2.32. The van der Waals surface area contributed by atoms with Crippen LogP contribution in [0.3, 0.4) is 0 Å². The van der Waals surface area contributed by atoms with Gasteiger partial charge in [-0.1, -0.05) is 19.1 Å². The third kappa shape index (κ3) is 7.90. The van der Waals surface area contributed by atoms with Crippen molar-refractivity contribution in [2.24, 2.45) is 17.8 Å². The third-order valence-corrected chi connectivity index (χ3v) is 10.4. The summed E-state index contributed by atoms with van der Waals surface area (Å²) < 4.78 is 38.5. The molecule has 0 spiro atoms. The highest BCUT2D eigenvalue weighted by molar-refractivity contribution is 7.89. The molecule has 4 rings (SSSR count). The fourth-order valence-electron chi connectivity index (χ4n) is 5.74. The fourth-order valence-corrected chi connectivity index (χ4v) is 7.28. The summed E-state index contributed by atoms with van der Waals surface area (Å²) in [5.41, 5.74) is 0.659. The van der Waals surface area contributed by atoms with Crippen LogP contribution in [0.4, 0.5) is 4.79 Å². The molecule has 1 aromatic carbocycles. The lowest BCUT2D eigenvalue weighted by atomic mass is 9.84. The molecule has 2 aliphatic heterocycles. The predicted molar refractivity (Wildman–Crippen MR) is 163 cm³/mol. The largest absolute Gasteiger partial charge is 0.493 e. The van der Waals surface area contributed by atoms with Crippen molar-refractivity contribution in [3.8, 4) is 11.5 Å². The number of benzene rings is 1. The Bertz CT molecular complexity index is 1390. The van der Waals surface area contributed by atoms with E-state index in [0.717, 1.165) is 13.1 Å². The van der Waals surface area contributed by atoms with E-state index in [1.54, 1.807) is 11.0 Å². The van der Waals surface area contributed by atoms with Gasteiger partial charge in [0.2, 0.25) is 15.9 Å². The van der Waals surface area contributed by atoms with Crippen LogP contribution < -0.4 is 20.1 Å². The number of sulfonamides is 1. The second kappa shape index (κ2) is 14.4. The van der Waals surface area contributed by atoms with Gasteiger partial charge in [-0.15, -0.1) is 0 Å². The molecule has 1 aliphatic carbocycles. The molecule has 4 atom stereocenters. The second-order valence-corrected chi connectivity index (χ2v) is 13.5. The van der Waals surface area contributed by atoms with Gasteiger partial charge >= 0.3 is 12.0 Å². The number of nitrogens with zero attached hydrogens (tertiary/aromatic N) is 3. The van der Waals surface area contributed by atoms with Gasteiger partial charge < -0.3 is 35.0 Å². The summed E-state index contributed by atoms with van der Waals surface area (Å²) in [6, 6.07) is 3.00. The normalized spacial score (nSPS) is 23.8. The Balaban J connectivity index is 1.35. The number of carboxylic acid groups (broad SMARTS) is 1. The number of aliphatic carboxylic acids is 1. The number of hydrogen-bond donors (Lipinski definition) is 3. The van der Waals surface area contributed by atoms with E-state index in [2.05, 4.69) is 15.5 Å². The van der Waals surface area contributed by atoms with Crippen LogP contribution in [0.2, 0.25) is 0 Å². The fraction of sp³-hybridized carbons (Fsp3) is 0.567. The van der Waals surface area contributed by atoms with Crippen molar-refractivity contribution < 1.29 is 37.4 Å². The lowest BCUT2D eigenvalue weighted by molar-refractivity contribution is -0.143. The van der Waals surface area contributed by atoms with Crippen LogP contribution in [-0.2, 0) is 19.6 Å². The van der Waals surface area contributed by atoms with Crippen LogP contribution >= 0.6 is 0 Å². The van der Waals surface area contributed by atoms with Gasteiger partial charge in [0.15, 0.2) is 11.5 Å². The zero-order valence-corrected chi connectivity index (χ0v) is 26.5. The van der Waals surface area contributed by atoms with Crippen molar-refractivity contribution in [2.75, 3.05) is 60.5 Å². The molecule has 44 heavy (non-hydrogen) atoms. The number of urea groups is 1. The molecule has 3 unspecified atom stereocenters. The van der Waals surface area contributed by atoms with Crippen LogP contribution in [-0.4, -0.2) is 112 Å². The summed E-state index contributed by atoms with van der Waals surface area (Å²) >= 11 is 0. The summed E-state index contributed by atoms with van der Waals surface area (Å²) in [4.78, 5) is 42.1. The van der Waals surface area contributed by atoms with E-state index in [1.165, 1.54) is 36.7 Å². The molecule has 242 valence electrons. The van der Waals surface area contributed by atoms with Gasteiger partial charge in [0, 0.05) is 51.0 Å². The third-order valence-electron chi connectivity index (χ3n) is 8.55. The minimum Gasteiger partial charge on any atom is -0.493 e. The van der Waals surface area contributed by atoms with Crippen molar-refractivity contribution in [3.05, 3.63) is 42.1 Å². The first-order valence-electron chi connectivity index (χ1n) is 14.8. The van der Waals surface area contributed by atoms with E-state index in [4.69, 9.17) is 9.47 Å². The van der Waals surface area contributed by atoms with E-state index in [-0.39, 0.29) is 48.0 Å². The van der Waals surface area contributed by atoms with Gasteiger partial charge in [-0.05, 0) is 56.4 Å². The van der Waals surface area contributed by atoms with Crippen molar-refractivity contribution in [1.82, 2.24) is 24.7 Å². The van der Waals surface area contributed by atoms with Crippen molar-refractivity contribution >= 4 is 27.9 Å². The lowest BCUT2D eigenvalue weighted by Crippen LogP contribution is -2.50. The van der Waals surface area contributed by atoms with Crippen molar-refractivity contribution in [2.45, 2.75) is 37.1 Å². The van der Waals surface area contributed by atoms with Gasteiger partial charge in [0.05, 0.1) is 25.0 Å². The Hall–Kier alpha value is -3.62. The summed E-state index contributed by atoms with van der Waals surface area (Å²) in [5, 5.41) is 15.5. The molecule has 2 fully saturated rings. The first kappa shape index (κ1) is 33.3. The molecule has 2 heterocycles. The molecular weight excluding hydrogens is 590 g/mol. The number of piperazine rings is 1. The molecule has 3 N–H and O–H groups in total. The quantitative estimate of drug-likeness (QED) is 0.349.